The molecule has 2 N–H and O–H groups in total. The fraction of sp³-hybridized carbons (Fsp3) is 0.467. The molecule has 0 aromatic heterocycles. The van der Waals surface area contributed by atoms with Crippen LogP contribution in [0.3, 0.4) is 0 Å². The van der Waals surface area contributed by atoms with Gasteiger partial charge >= 0.3 is 0 Å². The van der Waals surface area contributed by atoms with Gasteiger partial charge in [-0.2, -0.15) is 0 Å². The molecule has 1 aliphatic heterocycles. The Bertz CT molecular complexity index is 502. The minimum atomic E-state index is -0.290. The van der Waals surface area contributed by atoms with Gasteiger partial charge in [-0.15, -0.1) is 0 Å². The molecule has 0 radical (unpaired) electrons. The molecular formula is C15H20N2O3. The molecule has 2 rings (SSSR count). The van der Waals surface area contributed by atoms with Crippen molar-refractivity contribution < 1.29 is 14.3 Å². The van der Waals surface area contributed by atoms with Crippen molar-refractivity contribution in [2.75, 3.05) is 11.9 Å². The molecule has 1 aromatic rings. The van der Waals surface area contributed by atoms with Crippen LogP contribution < -0.4 is 15.4 Å². The number of hydrogen-bond acceptors (Lipinski definition) is 3. The van der Waals surface area contributed by atoms with Crippen LogP contribution in [0.15, 0.2) is 24.3 Å². The van der Waals surface area contributed by atoms with Crippen molar-refractivity contribution >= 4 is 17.5 Å². The van der Waals surface area contributed by atoms with Crippen LogP contribution in [-0.2, 0) is 9.59 Å². The minimum Gasteiger partial charge on any atom is -0.491 e. The molecule has 1 heterocycles. The van der Waals surface area contributed by atoms with Crippen LogP contribution in [0.25, 0.3) is 0 Å². The molecule has 0 aliphatic carbocycles. The third-order valence-corrected chi connectivity index (χ3v) is 3.36. The van der Waals surface area contributed by atoms with E-state index < -0.39 is 0 Å². The highest BCUT2D eigenvalue weighted by molar-refractivity contribution is 5.97. The van der Waals surface area contributed by atoms with E-state index in [0.29, 0.717) is 12.2 Å². The molecule has 2 atom stereocenters. The quantitative estimate of drug-likeness (QED) is 0.863. The Hall–Kier alpha value is -2.04. The average Bonchev–Trinajstić information content (AvgIpc) is 2.86. The Kier molecular flexibility index (Phi) is 4.61. The molecular weight excluding hydrogens is 256 g/mol. The summed E-state index contributed by atoms with van der Waals surface area (Å²) in [4.78, 5) is 23.1. The molecule has 1 fully saturated rings. The fourth-order valence-electron chi connectivity index (χ4n) is 2.00. The molecule has 108 valence electrons. The predicted octanol–water partition coefficient (Wildman–Crippen LogP) is 1.94. The number of hydrogen-bond donors (Lipinski definition) is 2. The first-order valence-corrected chi connectivity index (χ1v) is 6.92. The first-order chi connectivity index (χ1) is 9.58. The van der Waals surface area contributed by atoms with E-state index in [0.717, 1.165) is 12.2 Å². The first-order valence-electron chi connectivity index (χ1n) is 6.92. The normalized spacial score (nSPS) is 19.3. The van der Waals surface area contributed by atoms with E-state index in [1.54, 1.807) is 6.07 Å². The Morgan fingerprint density at radius 1 is 1.55 bits per heavy atom. The molecule has 5 heteroatoms. The summed E-state index contributed by atoms with van der Waals surface area (Å²) in [5.41, 5.74) is 0.690. The largest absolute Gasteiger partial charge is 0.491 e. The lowest BCUT2D eigenvalue weighted by atomic mass is 10.1. The van der Waals surface area contributed by atoms with Crippen LogP contribution in [0, 0.1) is 5.92 Å². The lowest BCUT2D eigenvalue weighted by molar-refractivity contribution is -0.123. The summed E-state index contributed by atoms with van der Waals surface area (Å²) in [6.45, 7) is 4.47. The number of rotatable bonds is 5. The summed E-state index contributed by atoms with van der Waals surface area (Å²) in [5, 5.41) is 5.48. The molecule has 1 aliphatic rings. The SMILES string of the molecule is CCC(C)Oc1cccc(NC(=O)C2CNC(=O)C2)c1. The summed E-state index contributed by atoms with van der Waals surface area (Å²) in [7, 11) is 0. The van der Waals surface area contributed by atoms with Crippen LogP contribution in [0.5, 0.6) is 5.75 Å². The van der Waals surface area contributed by atoms with Gasteiger partial charge in [0, 0.05) is 24.7 Å². The van der Waals surface area contributed by atoms with Crippen LogP contribution in [-0.4, -0.2) is 24.5 Å². The highest BCUT2D eigenvalue weighted by Crippen LogP contribution is 2.20. The zero-order chi connectivity index (χ0) is 14.5. The Morgan fingerprint density at radius 3 is 3.00 bits per heavy atom. The maximum Gasteiger partial charge on any atom is 0.229 e. The van der Waals surface area contributed by atoms with E-state index in [1.165, 1.54) is 0 Å². The third kappa shape index (κ3) is 3.73. The van der Waals surface area contributed by atoms with Gasteiger partial charge in [-0.25, -0.2) is 0 Å². The topological polar surface area (TPSA) is 67.4 Å². The van der Waals surface area contributed by atoms with Gasteiger partial charge in [-0.1, -0.05) is 13.0 Å². The molecule has 20 heavy (non-hydrogen) atoms. The van der Waals surface area contributed by atoms with E-state index in [-0.39, 0.29) is 30.3 Å². The highest BCUT2D eigenvalue weighted by Gasteiger charge is 2.27. The van der Waals surface area contributed by atoms with Crippen molar-refractivity contribution in [2.24, 2.45) is 5.92 Å². The number of nitrogens with one attached hydrogen (secondary N) is 2. The van der Waals surface area contributed by atoms with Crippen molar-refractivity contribution in [3.05, 3.63) is 24.3 Å². The van der Waals surface area contributed by atoms with Gasteiger partial charge in [0.25, 0.3) is 0 Å². The van der Waals surface area contributed by atoms with Gasteiger partial charge < -0.3 is 15.4 Å². The van der Waals surface area contributed by atoms with E-state index in [2.05, 4.69) is 17.6 Å². The van der Waals surface area contributed by atoms with E-state index in [9.17, 15) is 9.59 Å². The van der Waals surface area contributed by atoms with Crippen molar-refractivity contribution in [3.8, 4) is 5.75 Å². The number of carbonyl (C=O) groups is 2. The van der Waals surface area contributed by atoms with E-state index in [1.807, 2.05) is 25.1 Å². The van der Waals surface area contributed by atoms with E-state index in [4.69, 9.17) is 4.74 Å². The minimum absolute atomic E-state index is 0.0704. The number of anilines is 1. The Labute approximate surface area is 118 Å². The molecule has 5 nitrogen and oxygen atoms in total. The third-order valence-electron chi connectivity index (χ3n) is 3.36. The summed E-state index contributed by atoms with van der Waals surface area (Å²) >= 11 is 0. The van der Waals surface area contributed by atoms with Crippen LogP contribution in [0.2, 0.25) is 0 Å². The van der Waals surface area contributed by atoms with Crippen LogP contribution in [0.4, 0.5) is 5.69 Å². The maximum absolute atomic E-state index is 12.0. The molecule has 2 amide bonds. The lowest BCUT2D eigenvalue weighted by Crippen LogP contribution is -2.24. The highest BCUT2D eigenvalue weighted by atomic mass is 16.5. The summed E-state index contributed by atoms with van der Waals surface area (Å²) in [6.07, 6.45) is 1.32. The van der Waals surface area contributed by atoms with Gasteiger partial charge in [-0.05, 0) is 25.5 Å². The van der Waals surface area contributed by atoms with Crippen LogP contribution in [0.1, 0.15) is 26.7 Å². The smallest absolute Gasteiger partial charge is 0.229 e. The van der Waals surface area contributed by atoms with Gasteiger partial charge in [0.1, 0.15) is 5.75 Å². The zero-order valence-corrected chi connectivity index (χ0v) is 11.8. The van der Waals surface area contributed by atoms with Gasteiger partial charge in [-0.3, -0.25) is 9.59 Å². The molecule has 0 spiro atoms. The second-order valence-corrected chi connectivity index (χ2v) is 5.06. The standard InChI is InChI=1S/C15H20N2O3/c1-3-10(2)20-13-6-4-5-12(8-13)17-15(19)11-7-14(18)16-9-11/h4-6,8,10-11H,3,7,9H2,1-2H3,(H,16,18)(H,17,19). The number of carbonyl (C=O) groups excluding carboxylic acids is 2. The van der Waals surface area contributed by atoms with E-state index >= 15 is 0 Å². The van der Waals surface area contributed by atoms with Crippen molar-refractivity contribution in [2.45, 2.75) is 32.8 Å². The van der Waals surface area contributed by atoms with Crippen molar-refractivity contribution in [3.63, 3.8) is 0 Å². The van der Waals surface area contributed by atoms with Gasteiger partial charge in [0.05, 0.1) is 12.0 Å². The molecule has 0 bridgehead atoms. The lowest BCUT2D eigenvalue weighted by Gasteiger charge is -2.14. The number of benzene rings is 1. The number of amides is 2. The molecule has 1 aromatic carbocycles. The van der Waals surface area contributed by atoms with Crippen molar-refractivity contribution in [1.82, 2.24) is 5.32 Å². The first kappa shape index (κ1) is 14.4. The van der Waals surface area contributed by atoms with Gasteiger partial charge in [0.15, 0.2) is 0 Å². The summed E-state index contributed by atoms with van der Waals surface area (Å²) < 4.78 is 5.71. The summed E-state index contributed by atoms with van der Waals surface area (Å²) in [6, 6.07) is 7.31. The maximum atomic E-state index is 12.0. The second kappa shape index (κ2) is 6.41. The van der Waals surface area contributed by atoms with Crippen molar-refractivity contribution in [1.29, 1.82) is 0 Å². The average molecular weight is 276 g/mol. The monoisotopic (exact) mass is 276 g/mol. The van der Waals surface area contributed by atoms with Gasteiger partial charge in [0.2, 0.25) is 11.8 Å². The zero-order valence-electron chi connectivity index (χ0n) is 11.8. The Balaban J connectivity index is 1.97. The second-order valence-electron chi connectivity index (χ2n) is 5.06. The number of ether oxygens (including phenoxy) is 1. The van der Waals surface area contributed by atoms with Crippen LogP contribution >= 0.6 is 0 Å². The predicted molar refractivity (Wildman–Crippen MR) is 76.6 cm³/mol. The fourth-order valence-corrected chi connectivity index (χ4v) is 2.00. The molecule has 2 unspecified atom stereocenters. The Morgan fingerprint density at radius 2 is 2.35 bits per heavy atom. The molecule has 1 saturated heterocycles. The molecule has 0 saturated carbocycles. The summed E-state index contributed by atoms with van der Waals surface area (Å²) in [5.74, 6) is 0.238.